The molecule has 2 heterocycles. The van der Waals surface area contributed by atoms with E-state index in [2.05, 4.69) is 79.1 Å². The molecule has 28 heavy (non-hydrogen) atoms. The fraction of sp³-hybridized carbons (Fsp3) is 0.550. The molecule has 0 aliphatic carbocycles. The van der Waals surface area contributed by atoms with E-state index in [-0.39, 0.29) is 6.10 Å². The minimum Gasteiger partial charge on any atom is -0.376 e. The molecule has 152 valence electrons. The third-order valence-corrected chi connectivity index (χ3v) is 5.34. The van der Waals surface area contributed by atoms with Crippen LogP contribution in [0.4, 0.5) is 0 Å². The summed E-state index contributed by atoms with van der Waals surface area (Å²) in [5.41, 5.74) is 1.24. The van der Waals surface area contributed by atoms with Gasteiger partial charge in [0, 0.05) is 44.2 Å². The molecule has 0 radical (unpaired) electrons. The van der Waals surface area contributed by atoms with E-state index >= 15 is 0 Å². The fourth-order valence-corrected chi connectivity index (χ4v) is 3.52. The third-order valence-electron chi connectivity index (χ3n) is 4.81. The predicted octanol–water partition coefficient (Wildman–Crippen LogP) is 2.86. The Labute approximate surface area is 175 Å². The van der Waals surface area contributed by atoms with Gasteiger partial charge in [0.25, 0.3) is 0 Å². The summed E-state index contributed by atoms with van der Waals surface area (Å²) in [4.78, 5) is 7.00. The molecule has 8 heteroatoms. The molecule has 1 aliphatic rings. The fourth-order valence-electron chi connectivity index (χ4n) is 3.25. The van der Waals surface area contributed by atoms with E-state index in [1.807, 2.05) is 0 Å². The van der Waals surface area contributed by atoms with Crippen LogP contribution in [0.2, 0.25) is 0 Å². The number of nitrogens with one attached hydrogen (secondary N) is 1. The third kappa shape index (κ3) is 6.04. The Balaban J connectivity index is 1.61. The number of benzene rings is 1. The van der Waals surface area contributed by atoms with Crippen LogP contribution in [0, 0.1) is 0 Å². The molecule has 1 N–H and O–H groups in total. The first-order chi connectivity index (χ1) is 13.7. The lowest BCUT2D eigenvalue weighted by atomic mass is 10.2. The van der Waals surface area contributed by atoms with Crippen molar-refractivity contribution in [3.63, 3.8) is 0 Å². The topological polar surface area (TPSA) is 67.6 Å². The van der Waals surface area contributed by atoms with Crippen LogP contribution in [-0.2, 0) is 24.2 Å². The van der Waals surface area contributed by atoms with Crippen LogP contribution in [-0.4, -0.2) is 58.5 Å². The Morgan fingerprint density at radius 1 is 1.39 bits per heavy atom. The van der Waals surface area contributed by atoms with Crippen LogP contribution < -0.4 is 5.32 Å². The lowest BCUT2D eigenvalue weighted by Crippen LogP contribution is -2.40. The second-order valence-corrected chi connectivity index (χ2v) is 7.92. The highest BCUT2D eigenvalue weighted by atomic mass is 79.9. The molecule has 1 aromatic heterocycles. The second kappa shape index (κ2) is 10.6. The van der Waals surface area contributed by atoms with Gasteiger partial charge in [-0.25, -0.2) is 0 Å². The van der Waals surface area contributed by atoms with Gasteiger partial charge in [-0.15, -0.1) is 10.2 Å². The summed E-state index contributed by atoms with van der Waals surface area (Å²) in [7, 11) is 2.07. The van der Waals surface area contributed by atoms with Gasteiger partial charge in [0.05, 0.1) is 12.6 Å². The molecule has 1 aromatic carbocycles. The van der Waals surface area contributed by atoms with E-state index in [1.54, 1.807) is 6.33 Å². The Morgan fingerprint density at radius 2 is 2.21 bits per heavy atom. The van der Waals surface area contributed by atoms with Crippen molar-refractivity contribution in [3.8, 4) is 0 Å². The zero-order chi connectivity index (χ0) is 19.8. The molecule has 0 amide bonds. The number of nitrogens with zero attached hydrogens (tertiary/aromatic N) is 5. The maximum Gasteiger partial charge on any atom is 0.194 e. The standard InChI is InChI=1S/C20H29BrN6O/c1-3-19-25-24-15-27(19)11-10-22-20(23-13-18-5-4-12-28-18)26(2)14-16-6-8-17(21)9-7-16/h6-9,15,18H,3-5,10-14H2,1-2H3,(H,22,23). The zero-order valence-electron chi connectivity index (χ0n) is 16.6. The summed E-state index contributed by atoms with van der Waals surface area (Å²) in [5.74, 6) is 1.90. The van der Waals surface area contributed by atoms with Crippen molar-refractivity contribution < 1.29 is 4.74 Å². The average molecular weight is 449 g/mol. The molecule has 0 saturated carbocycles. The molecular weight excluding hydrogens is 420 g/mol. The second-order valence-electron chi connectivity index (χ2n) is 7.00. The van der Waals surface area contributed by atoms with Crippen LogP contribution in [0.5, 0.6) is 0 Å². The average Bonchev–Trinajstić information content (AvgIpc) is 3.37. The molecule has 3 rings (SSSR count). The number of aromatic nitrogens is 3. The molecule has 0 spiro atoms. The summed E-state index contributed by atoms with van der Waals surface area (Å²) < 4.78 is 8.90. The number of hydrogen-bond donors (Lipinski definition) is 1. The maximum absolute atomic E-state index is 5.73. The van der Waals surface area contributed by atoms with Gasteiger partial charge in [0.15, 0.2) is 5.96 Å². The van der Waals surface area contributed by atoms with Crippen LogP contribution in [0.15, 0.2) is 40.1 Å². The van der Waals surface area contributed by atoms with Gasteiger partial charge in [-0.2, -0.15) is 0 Å². The molecule has 7 nitrogen and oxygen atoms in total. The van der Waals surface area contributed by atoms with Crippen molar-refractivity contribution in [1.82, 2.24) is 25.0 Å². The number of ether oxygens (including phenoxy) is 1. The van der Waals surface area contributed by atoms with Crippen molar-refractivity contribution in [1.29, 1.82) is 0 Å². The molecule has 1 aliphatic heterocycles. The molecular formula is C20H29BrN6O. The minimum atomic E-state index is 0.238. The van der Waals surface area contributed by atoms with Gasteiger partial charge < -0.3 is 19.5 Å². The highest BCUT2D eigenvalue weighted by Crippen LogP contribution is 2.13. The number of aliphatic imine (C=N–C) groups is 1. The summed E-state index contributed by atoms with van der Waals surface area (Å²) >= 11 is 3.49. The quantitative estimate of drug-likeness (QED) is 0.496. The number of halogens is 1. The van der Waals surface area contributed by atoms with Crippen molar-refractivity contribution in [2.24, 2.45) is 4.99 Å². The van der Waals surface area contributed by atoms with Crippen LogP contribution in [0.25, 0.3) is 0 Å². The zero-order valence-corrected chi connectivity index (χ0v) is 18.2. The maximum atomic E-state index is 5.73. The predicted molar refractivity (Wildman–Crippen MR) is 114 cm³/mol. The van der Waals surface area contributed by atoms with Gasteiger partial charge in [-0.3, -0.25) is 4.99 Å². The molecule has 0 bridgehead atoms. The van der Waals surface area contributed by atoms with Gasteiger partial charge in [-0.1, -0.05) is 35.0 Å². The summed E-state index contributed by atoms with van der Waals surface area (Å²) in [6, 6.07) is 8.39. The van der Waals surface area contributed by atoms with E-state index in [9.17, 15) is 0 Å². The number of rotatable bonds is 8. The lowest BCUT2D eigenvalue weighted by molar-refractivity contribution is 0.117. The van der Waals surface area contributed by atoms with Gasteiger partial charge in [0.2, 0.25) is 0 Å². The Kier molecular flexibility index (Phi) is 7.85. The molecule has 1 saturated heterocycles. The minimum absolute atomic E-state index is 0.238. The number of aryl methyl sites for hydroxylation is 1. The lowest BCUT2D eigenvalue weighted by Gasteiger charge is -2.23. The normalized spacial score (nSPS) is 17.1. The molecule has 2 aromatic rings. The largest absolute Gasteiger partial charge is 0.376 e. The summed E-state index contributed by atoms with van der Waals surface area (Å²) in [6.07, 6.45) is 5.12. The monoisotopic (exact) mass is 448 g/mol. The Hall–Kier alpha value is -1.93. The highest BCUT2D eigenvalue weighted by Gasteiger charge is 2.16. The summed E-state index contributed by atoms with van der Waals surface area (Å²) in [5, 5.41) is 11.6. The van der Waals surface area contributed by atoms with E-state index < -0.39 is 0 Å². The Morgan fingerprint density at radius 3 is 2.93 bits per heavy atom. The Bertz CT molecular complexity index is 754. The van der Waals surface area contributed by atoms with Crippen LogP contribution >= 0.6 is 15.9 Å². The SMILES string of the molecule is CCc1nncn1CCNC(=NCC1CCCO1)N(C)Cc1ccc(Br)cc1. The van der Waals surface area contributed by atoms with Crippen molar-refractivity contribution in [3.05, 3.63) is 46.5 Å². The van der Waals surface area contributed by atoms with E-state index in [0.29, 0.717) is 6.54 Å². The van der Waals surface area contributed by atoms with Gasteiger partial charge in [0.1, 0.15) is 12.2 Å². The van der Waals surface area contributed by atoms with Crippen molar-refractivity contribution >= 4 is 21.9 Å². The first kappa shape index (κ1) is 20.8. The first-order valence-corrected chi connectivity index (χ1v) is 10.7. The van der Waals surface area contributed by atoms with Crippen molar-refractivity contribution in [2.75, 3.05) is 26.7 Å². The van der Waals surface area contributed by atoms with Crippen LogP contribution in [0.3, 0.4) is 0 Å². The first-order valence-electron chi connectivity index (χ1n) is 9.88. The van der Waals surface area contributed by atoms with Gasteiger partial charge >= 0.3 is 0 Å². The van der Waals surface area contributed by atoms with Gasteiger partial charge in [-0.05, 0) is 30.5 Å². The van der Waals surface area contributed by atoms with E-state index in [4.69, 9.17) is 9.73 Å². The van der Waals surface area contributed by atoms with E-state index in [1.165, 1.54) is 5.56 Å². The number of guanidine groups is 1. The summed E-state index contributed by atoms with van der Waals surface area (Å²) in [6.45, 7) is 6.00. The molecule has 1 unspecified atom stereocenters. The highest BCUT2D eigenvalue weighted by molar-refractivity contribution is 9.10. The number of hydrogen-bond acceptors (Lipinski definition) is 4. The smallest absolute Gasteiger partial charge is 0.194 e. The van der Waals surface area contributed by atoms with Crippen LogP contribution in [0.1, 0.15) is 31.2 Å². The van der Waals surface area contributed by atoms with Crippen molar-refractivity contribution in [2.45, 2.75) is 45.4 Å². The molecule has 1 fully saturated rings. The van der Waals surface area contributed by atoms with E-state index in [0.717, 1.165) is 61.8 Å². The molecule has 1 atom stereocenters.